The number of pyridine rings is 1. The van der Waals surface area contributed by atoms with Crippen molar-refractivity contribution in [2.24, 2.45) is 5.73 Å². The maximum atomic E-state index is 12.1. The van der Waals surface area contributed by atoms with Gasteiger partial charge in [-0.1, -0.05) is 40.4 Å². The van der Waals surface area contributed by atoms with Crippen LogP contribution in [0.1, 0.15) is 36.8 Å². The molecule has 0 bridgehead atoms. The molecule has 0 aromatic carbocycles. The van der Waals surface area contributed by atoms with Gasteiger partial charge in [0.2, 0.25) is 0 Å². The lowest BCUT2D eigenvalue weighted by atomic mass is 9.91. The summed E-state index contributed by atoms with van der Waals surface area (Å²) in [6.07, 6.45) is 5.10. The number of rotatable bonds is 8. The fraction of sp³-hybridized carbons (Fsp3) is 0.455. The number of ether oxygens (including phenoxy) is 1. The van der Waals surface area contributed by atoms with Crippen LogP contribution in [0.3, 0.4) is 0 Å². The Morgan fingerprint density at radius 2 is 2.00 bits per heavy atom. The number of fused-ring (bicyclic) bond motifs is 1. The molecule has 1 amide bonds. The van der Waals surface area contributed by atoms with Crippen molar-refractivity contribution in [1.82, 2.24) is 19.5 Å². The zero-order valence-corrected chi connectivity index (χ0v) is 20.2. The molecule has 0 spiro atoms. The maximum Gasteiger partial charge on any atom is 0.252 e. The van der Waals surface area contributed by atoms with Gasteiger partial charge in [-0.05, 0) is 18.2 Å². The lowest BCUT2D eigenvalue weighted by Gasteiger charge is -2.22. The SMILES string of the molecule is CC(C)(C)c1nc2c(nc1Nc1cccnc1)c(C(N)=O)cn2COCC[Si](C)(C)C. The molecule has 3 N–H and O–H groups in total. The van der Waals surface area contributed by atoms with Crippen LogP contribution in [0, 0.1) is 0 Å². The van der Waals surface area contributed by atoms with Crippen molar-refractivity contribution in [3.05, 3.63) is 42.0 Å². The van der Waals surface area contributed by atoms with E-state index < -0.39 is 14.0 Å². The zero-order chi connectivity index (χ0) is 22.8. The summed E-state index contributed by atoms with van der Waals surface area (Å²) in [5, 5.41) is 3.29. The third kappa shape index (κ3) is 5.68. The summed E-state index contributed by atoms with van der Waals surface area (Å²) >= 11 is 0. The van der Waals surface area contributed by atoms with Crippen molar-refractivity contribution < 1.29 is 9.53 Å². The molecule has 8 nitrogen and oxygen atoms in total. The van der Waals surface area contributed by atoms with Gasteiger partial charge in [-0.15, -0.1) is 0 Å². The number of nitrogens with two attached hydrogens (primary N) is 1. The van der Waals surface area contributed by atoms with E-state index in [0.29, 0.717) is 35.9 Å². The second kappa shape index (κ2) is 8.76. The molecule has 0 saturated carbocycles. The second-order valence-electron chi connectivity index (χ2n) is 9.93. The van der Waals surface area contributed by atoms with E-state index in [9.17, 15) is 4.79 Å². The number of nitrogens with zero attached hydrogens (tertiary/aromatic N) is 4. The first kappa shape index (κ1) is 22.9. The second-order valence-corrected chi connectivity index (χ2v) is 15.6. The monoisotopic (exact) mass is 440 g/mol. The van der Waals surface area contributed by atoms with Crippen molar-refractivity contribution in [2.45, 2.75) is 58.6 Å². The minimum Gasteiger partial charge on any atom is -0.365 e. The predicted octanol–water partition coefficient (Wildman–Crippen LogP) is 4.28. The molecule has 31 heavy (non-hydrogen) atoms. The molecule has 0 atom stereocenters. The highest BCUT2D eigenvalue weighted by atomic mass is 28.3. The number of amides is 1. The van der Waals surface area contributed by atoms with Crippen molar-refractivity contribution in [3.63, 3.8) is 0 Å². The first-order chi connectivity index (χ1) is 14.5. The van der Waals surface area contributed by atoms with Crippen LogP contribution in [0.4, 0.5) is 11.5 Å². The Bertz CT molecular complexity index is 1070. The van der Waals surface area contributed by atoms with Gasteiger partial charge in [0.25, 0.3) is 5.91 Å². The van der Waals surface area contributed by atoms with E-state index in [1.54, 1.807) is 18.6 Å². The van der Waals surface area contributed by atoms with Crippen LogP contribution in [-0.4, -0.2) is 40.1 Å². The van der Waals surface area contributed by atoms with E-state index in [0.717, 1.165) is 17.4 Å². The van der Waals surface area contributed by atoms with E-state index in [2.05, 4.69) is 50.7 Å². The first-order valence-electron chi connectivity index (χ1n) is 10.4. The van der Waals surface area contributed by atoms with Crippen LogP contribution < -0.4 is 11.1 Å². The Hall–Kier alpha value is -2.78. The van der Waals surface area contributed by atoms with Gasteiger partial charge in [0, 0.05) is 32.5 Å². The molecule has 0 unspecified atom stereocenters. The summed E-state index contributed by atoms with van der Waals surface area (Å²) in [6.45, 7) is 14.1. The van der Waals surface area contributed by atoms with Gasteiger partial charge in [-0.25, -0.2) is 9.97 Å². The van der Waals surface area contributed by atoms with Gasteiger partial charge in [0.05, 0.1) is 23.1 Å². The Kier molecular flexibility index (Phi) is 6.47. The Morgan fingerprint density at radius 3 is 2.58 bits per heavy atom. The van der Waals surface area contributed by atoms with Gasteiger partial charge < -0.3 is 20.4 Å². The van der Waals surface area contributed by atoms with E-state index >= 15 is 0 Å². The highest BCUT2D eigenvalue weighted by Gasteiger charge is 2.26. The summed E-state index contributed by atoms with van der Waals surface area (Å²) in [5.41, 5.74) is 8.30. The third-order valence-corrected chi connectivity index (χ3v) is 6.52. The minimum absolute atomic E-state index is 0.285. The number of carbonyl (C=O) groups excluding carboxylic acids is 1. The number of anilines is 2. The zero-order valence-electron chi connectivity index (χ0n) is 19.2. The first-order valence-corrected chi connectivity index (χ1v) is 14.1. The summed E-state index contributed by atoms with van der Waals surface area (Å²) in [7, 11) is -1.19. The standard InChI is InChI=1S/C22H32N6O2Si/c1-22(2,3)18-20(25-15-8-7-9-24-12-15)26-17-16(19(23)29)13-28(21(17)27-18)14-30-10-11-31(4,5)6/h7-9,12-13H,10-11,14H2,1-6H3,(H2,23,29)(H,25,26). The molecule has 0 aliphatic rings. The number of carbonyl (C=O) groups is 1. The molecular formula is C22H32N6O2Si. The van der Waals surface area contributed by atoms with Crippen LogP contribution in [0.5, 0.6) is 0 Å². The van der Waals surface area contributed by atoms with Crippen LogP contribution >= 0.6 is 0 Å². The smallest absolute Gasteiger partial charge is 0.252 e. The van der Waals surface area contributed by atoms with Gasteiger partial charge in [-0.2, -0.15) is 0 Å². The summed E-state index contributed by atoms with van der Waals surface area (Å²) in [6, 6.07) is 4.80. The topological polar surface area (TPSA) is 108 Å². The quantitative estimate of drug-likeness (QED) is 0.400. The lowest BCUT2D eigenvalue weighted by Crippen LogP contribution is -2.22. The van der Waals surface area contributed by atoms with E-state index in [4.69, 9.17) is 20.4 Å². The molecule has 3 heterocycles. The van der Waals surface area contributed by atoms with Gasteiger partial charge in [-0.3, -0.25) is 9.78 Å². The molecule has 0 fully saturated rings. The van der Waals surface area contributed by atoms with E-state index in [-0.39, 0.29) is 5.41 Å². The molecule has 3 aromatic rings. The van der Waals surface area contributed by atoms with Crippen molar-refractivity contribution in [1.29, 1.82) is 0 Å². The molecular weight excluding hydrogens is 408 g/mol. The average Bonchev–Trinajstić information content (AvgIpc) is 3.02. The molecule has 3 rings (SSSR count). The Labute approximate surface area is 184 Å². The van der Waals surface area contributed by atoms with Crippen LogP contribution in [0.25, 0.3) is 11.2 Å². The fourth-order valence-electron chi connectivity index (χ4n) is 3.09. The molecule has 0 radical (unpaired) electrons. The highest BCUT2D eigenvalue weighted by molar-refractivity contribution is 6.76. The number of aromatic nitrogens is 4. The van der Waals surface area contributed by atoms with Gasteiger partial charge >= 0.3 is 0 Å². The van der Waals surface area contributed by atoms with Crippen LogP contribution in [0.2, 0.25) is 25.7 Å². The maximum absolute atomic E-state index is 12.1. The predicted molar refractivity (Wildman–Crippen MR) is 126 cm³/mol. The molecule has 0 saturated heterocycles. The van der Waals surface area contributed by atoms with Gasteiger partial charge in [0.1, 0.15) is 12.2 Å². The van der Waals surface area contributed by atoms with Crippen LogP contribution in [0.15, 0.2) is 30.7 Å². The Morgan fingerprint density at radius 1 is 1.26 bits per heavy atom. The highest BCUT2D eigenvalue weighted by Crippen LogP contribution is 2.31. The molecule has 166 valence electrons. The molecule has 3 aromatic heterocycles. The fourth-order valence-corrected chi connectivity index (χ4v) is 3.85. The number of hydrogen-bond acceptors (Lipinski definition) is 6. The van der Waals surface area contributed by atoms with E-state index in [1.807, 2.05) is 16.7 Å². The largest absolute Gasteiger partial charge is 0.365 e. The molecule has 0 aliphatic heterocycles. The molecule has 0 aliphatic carbocycles. The van der Waals surface area contributed by atoms with Crippen molar-refractivity contribution in [2.75, 3.05) is 11.9 Å². The third-order valence-electron chi connectivity index (χ3n) is 4.82. The average molecular weight is 441 g/mol. The van der Waals surface area contributed by atoms with Crippen LogP contribution in [-0.2, 0) is 16.9 Å². The van der Waals surface area contributed by atoms with Crippen molar-refractivity contribution in [3.8, 4) is 0 Å². The summed E-state index contributed by atoms with van der Waals surface area (Å²) in [4.78, 5) is 25.9. The van der Waals surface area contributed by atoms with E-state index in [1.165, 1.54) is 0 Å². The number of primary amides is 1. The molecule has 9 heteroatoms. The number of hydrogen-bond donors (Lipinski definition) is 2. The normalized spacial score (nSPS) is 12.3. The summed E-state index contributed by atoms with van der Waals surface area (Å²) < 4.78 is 7.72. The van der Waals surface area contributed by atoms with Gasteiger partial charge in [0.15, 0.2) is 11.5 Å². The number of nitrogens with one attached hydrogen (secondary N) is 1. The lowest BCUT2D eigenvalue weighted by molar-refractivity contribution is 0.0894. The summed E-state index contributed by atoms with van der Waals surface area (Å²) in [5.74, 6) is 0.0314. The Balaban J connectivity index is 2.04. The minimum atomic E-state index is -1.19. The van der Waals surface area contributed by atoms with Crippen molar-refractivity contribution >= 4 is 36.7 Å².